The standard InChI is InChI=1S/C25H26N6O2/c1-17-5-3-8-21(18(17)2)24(22-14-27-16-29-22)19-6-4-7-20(13-19)33-12-11-28-25(32)31-23-9-10-26-15-30-23/h3-10,13-16,24H,11-12H2,1-2H3,(H,27,29)(H2,26,28,30,31,32). The van der Waals surface area contributed by atoms with Crippen LogP contribution in [0.25, 0.3) is 0 Å². The van der Waals surface area contributed by atoms with E-state index in [1.54, 1.807) is 18.6 Å². The number of aromatic nitrogens is 4. The van der Waals surface area contributed by atoms with E-state index in [2.05, 4.69) is 68.7 Å². The fourth-order valence-electron chi connectivity index (χ4n) is 3.68. The lowest BCUT2D eigenvalue weighted by Gasteiger charge is -2.21. The molecule has 2 heterocycles. The van der Waals surface area contributed by atoms with Gasteiger partial charge in [0.05, 0.1) is 18.8 Å². The summed E-state index contributed by atoms with van der Waals surface area (Å²) in [5, 5.41) is 5.39. The van der Waals surface area contributed by atoms with Gasteiger partial charge in [-0.15, -0.1) is 0 Å². The molecule has 1 unspecified atom stereocenters. The summed E-state index contributed by atoms with van der Waals surface area (Å²) >= 11 is 0. The van der Waals surface area contributed by atoms with Crippen LogP contribution in [-0.4, -0.2) is 39.1 Å². The molecular weight excluding hydrogens is 416 g/mol. The van der Waals surface area contributed by atoms with Crippen molar-refractivity contribution in [2.45, 2.75) is 19.8 Å². The Morgan fingerprint density at radius 2 is 2.00 bits per heavy atom. The number of H-pyrrole nitrogens is 1. The Kier molecular flexibility index (Phi) is 6.94. The van der Waals surface area contributed by atoms with Crippen molar-refractivity contribution < 1.29 is 9.53 Å². The lowest BCUT2D eigenvalue weighted by Crippen LogP contribution is -2.32. The molecule has 168 valence electrons. The maximum atomic E-state index is 12.0. The first-order valence-corrected chi connectivity index (χ1v) is 10.7. The SMILES string of the molecule is Cc1cccc(C(c2cccc(OCCNC(=O)Nc3ccncn3)c2)c2cnc[nH]2)c1C. The van der Waals surface area contributed by atoms with Gasteiger partial charge < -0.3 is 15.0 Å². The summed E-state index contributed by atoms with van der Waals surface area (Å²) in [6, 6.07) is 15.7. The molecule has 0 aliphatic heterocycles. The zero-order valence-electron chi connectivity index (χ0n) is 18.6. The number of hydrogen-bond acceptors (Lipinski definition) is 5. The van der Waals surface area contributed by atoms with Gasteiger partial charge in [-0.05, 0) is 54.3 Å². The van der Waals surface area contributed by atoms with E-state index in [1.807, 2.05) is 24.4 Å². The number of ether oxygens (including phenoxy) is 1. The Bertz CT molecular complexity index is 1190. The monoisotopic (exact) mass is 442 g/mol. The molecule has 2 aromatic heterocycles. The van der Waals surface area contributed by atoms with Gasteiger partial charge in [-0.1, -0.05) is 30.3 Å². The van der Waals surface area contributed by atoms with Crippen LogP contribution < -0.4 is 15.4 Å². The third kappa shape index (κ3) is 5.54. The summed E-state index contributed by atoms with van der Waals surface area (Å²) in [4.78, 5) is 27.2. The van der Waals surface area contributed by atoms with E-state index in [0.29, 0.717) is 19.0 Å². The minimum absolute atomic E-state index is 0.00714. The van der Waals surface area contributed by atoms with Crippen LogP contribution in [0.15, 0.2) is 73.6 Å². The Balaban J connectivity index is 1.42. The van der Waals surface area contributed by atoms with Gasteiger partial charge in [-0.25, -0.2) is 19.7 Å². The van der Waals surface area contributed by atoms with Crippen molar-refractivity contribution in [1.82, 2.24) is 25.3 Å². The van der Waals surface area contributed by atoms with Crippen LogP contribution in [0, 0.1) is 13.8 Å². The second kappa shape index (κ2) is 10.4. The zero-order valence-corrected chi connectivity index (χ0v) is 18.6. The highest BCUT2D eigenvalue weighted by molar-refractivity contribution is 5.88. The second-order valence-electron chi connectivity index (χ2n) is 7.63. The number of aromatic amines is 1. The number of imidazole rings is 1. The van der Waals surface area contributed by atoms with Crippen LogP contribution in [-0.2, 0) is 0 Å². The van der Waals surface area contributed by atoms with Crippen molar-refractivity contribution >= 4 is 11.8 Å². The van der Waals surface area contributed by atoms with Gasteiger partial charge in [0.2, 0.25) is 0 Å². The Morgan fingerprint density at radius 3 is 2.79 bits per heavy atom. The van der Waals surface area contributed by atoms with Crippen LogP contribution in [0.4, 0.5) is 10.6 Å². The van der Waals surface area contributed by atoms with Crippen molar-refractivity contribution in [3.05, 3.63) is 102 Å². The molecule has 0 radical (unpaired) electrons. The summed E-state index contributed by atoms with van der Waals surface area (Å²) in [5.74, 6) is 1.18. The minimum Gasteiger partial charge on any atom is -0.492 e. The molecule has 3 N–H and O–H groups in total. The molecule has 2 amide bonds. The second-order valence-corrected chi connectivity index (χ2v) is 7.63. The van der Waals surface area contributed by atoms with Crippen LogP contribution in [0.2, 0.25) is 0 Å². The number of urea groups is 1. The number of carbonyl (C=O) groups is 1. The Labute approximate surface area is 192 Å². The summed E-state index contributed by atoms with van der Waals surface area (Å²) in [7, 11) is 0. The van der Waals surface area contributed by atoms with Gasteiger partial charge in [0.25, 0.3) is 0 Å². The highest BCUT2D eigenvalue weighted by Crippen LogP contribution is 2.34. The average molecular weight is 443 g/mol. The van der Waals surface area contributed by atoms with E-state index < -0.39 is 0 Å². The fourth-order valence-corrected chi connectivity index (χ4v) is 3.68. The number of carbonyl (C=O) groups excluding carboxylic acids is 1. The average Bonchev–Trinajstić information content (AvgIpc) is 3.35. The number of anilines is 1. The smallest absolute Gasteiger partial charge is 0.320 e. The molecule has 33 heavy (non-hydrogen) atoms. The van der Waals surface area contributed by atoms with Gasteiger partial charge in [-0.2, -0.15) is 0 Å². The van der Waals surface area contributed by atoms with Crippen LogP contribution >= 0.6 is 0 Å². The normalized spacial score (nSPS) is 11.6. The predicted octanol–water partition coefficient (Wildman–Crippen LogP) is 4.20. The Hall–Kier alpha value is -4.20. The molecule has 0 aliphatic carbocycles. The molecule has 2 aromatic carbocycles. The third-order valence-corrected chi connectivity index (χ3v) is 5.46. The highest BCUT2D eigenvalue weighted by atomic mass is 16.5. The van der Waals surface area contributed by atoms with Crippen molar-refractivity contribution in [2.24, 2.45) is 0 Å². The number of aryl methyl sites for hydroxylation is 1. The van der Waals surface area contributed by atoms with Gasteiger partial charge >= 0.3 is 6.03 Å². The summed E-state index contributed by atoms with van der Waals surface area (Å²) < 4.78 is 5.91. The van der Waals surface area contributed by atoms with Gasteiger partial charge in [0.1, 0.15) is 24.5 Å². The number of benzene rings is 2. The lowest BCUT2D eigenvalue weighted by molar-refractivity contribution is 0.247. The molecule has 0 fully saturated rings. The molecule has 0 saturated heterocycles. The highest BCUT2D eigenvalue weighted by Gasteiger charge is 2.21. The summed E-state index contributed by atoms with van der Waals surface area (Å²) in [6.07, 6.45) is 6.50. The van der Waals surface area contributed by atoms with E-state index >= 15 is 0 Å². The fraction of sp³-hybridized carbons (Fsp3) is 0.200. The van der Waals surface area contributed by atoms with Gasteiger partial charge in [0.15, 0.2) is 0 Å². The number of nitrogens with one attached hydrogen (secondary N) is 3. The quantitative estimate of drug-likeness (QED) is 0.355. The minimum atomic E-state index is -0.347. The number of nitrogens with zero attached hydrogens (tertiary/aromatic N) is 3. The van der Waals surface area contributed by atoms with E-state index in [-0.39, 0.29) is 11.9 Å². The Morgan fingerprint density at radius 1 is 1.12 bits per heavy atom. The van der Waals surface area contributed by atoms with Crippen molar-refractivity contribution in [3.8, 4) is 5.75 Å². The molecule has 0 aliphatic rings. The first-order chi connectivity index (χ1) is 16.1. The van der Waals surface area contributed by atoms with Gasteiger partial charge in [0, 0.05) is 18.1 Å². The molecule has 1 atom stereocenters. The summed E-state index contributed by atoms with van der Waals surface area (Å²) in [5.41, 5.74) is 5.83. The molecular formula is C25H26N6O2. The predicted molar refractivity (Wildman–Crippen MR) is 126 cm³/mol. The number of hydrogen-bond donors (Lipinski definition) is 3. The number of amides is 2. The molecule has 4 rings (SSSR count). The van der Waals surface area contributed by atoms with Crippen molar-refractivity contribution in [3.63, 3.8) is 0 Å². The first-order valence-electron chi connectivity index (χ1n) is 10.7. The van der Waals surface area contributed by atoms with E-state index in [4.69, 9.17) is 4.74 Å². The number of rotatable bonds is 8. The van der Waals surface area contributed by atoms with Gasteiger partial charge in [-0.3, -0.25) is 5.32 Å². The topological polar surface area (TPSA) is 105 Å². The van der Waals surface area contributed by atoms with E-state index in [0.717, 1.165) is 17.0 Å². The lowest BCUT2D eigenvalue weighted by atomic mass is 9.85. The maximum absolute atomic E-state index is 12.0. The maximum Gasteiger partial charge on any atom is 0.320 e. The van der Waals surface area contributed by atoms with E-state index in [1.165, 1.54) is 23.0 Å². The largest absolute Gasteiger partial charge is 0.492 e. The summed E-state index contributed by atoms with van der Waals surface area (Å²) in [6.45, 7) is 4.95. The third-order valence-electron chi connectivity index (χ3n) is 5.46. The van der Waals surface area contributed by atoms with Crippen molar-refractivity contribution in [1.29, 1.82) is 0 Å². The van der Waals surface area contributed by atoms with Crippen LogP contribution in [0.5, 0.6) is 5.75 Å². The molecule has 0 spiro atoms. The molecule has 0 bridgehead atoms. The van der Waals surface area contributed by atoms with Crippen LogP contribution in [0.1, 0.15) is 33.9 Å². The molecule has 4 aromatic rings. The molecule has 8 heteroatoms. The van der Waals surface area contributed by atoms with E-state index in [9.17, 15) is 4.79 Å². The van der Waals surface area contributed by atoms with Crippen LogP contribution in [0.3, 0.4) is 0 Å². The molecule has 8 nitrogen and oxygen atoms in total. The molecule has 0 saturated carbocycles. The first kappa shape index (κ1) is 22.0. The zero-order chi connectivity index (χ0) is 23.0. The van der Waals surface area contributed by atoms with Crippen molar-refractivity contribution in [2.75, 3.05) is 18.5 Å².